The first-order valence-electron chi connectivity index (χ1n) is 6.40. The van der Waals surface area contributed by atoms with Crippen LogP contribution < -0.4 is 11.1 Å². The number of rotatable bonds is 6. The summed E-state index contributed by atoms with van der Waals surface area (Å²) in [4.78, 5) is -0.376. The van der Waals surface area contributed by atoms with Crippen LogP contribution in [0.2, 0.25) is 0 Å². The van der Waals surface area contributed by atoms with Gasteiger partial charge < -0.3 is 11.1 Å². The monoisotopic (exact) mass is 304 g/mol. The fraction of sp³-hybridized carbons (Fsp3) is 0.538. The minimum absolute atomic E-state index is 0.247. The molecule has 1 aromatic carbocycles. The van der Waals surface area contributed by atoms with E-state index < -0.39 is 15.6 Å². The number of sulfone groups is 1. The molecular weight excluding hydrogens is 286 g/mol. The molecule has 0 aromatic heterocycles. The van der Waals surface area contributed by atoms with Gasteiger partial charge in [0, 0.05) is 17.8 Å². The molecule has 0 amide bonds. The molecule has 1 atom stereocenters. The summed E-state index contributed by atoms with van der Waals surface area (Å²) < 4.78 is 47.5. The summed E-state index contributed by atoms with van der Waals surface area (Å²) in [7, 11) is -4.53. The zero-order valence-corrected chi connectivity index (χ0v) is 12.0. The van der Waals surface area contributed by atoms with Gasteiger partial charge in [-0.2, -0.15) is 8.78 Å². The van der Waals surface area contributed by atoms with Crippen molar-refractivity contribution in [3.63, 3.8) is 0 Å². The van der Waals surface area contributed by atoms with Crippen molar-refractivity contribution >= 4 is 15.5 Å². The third-order valence-electron chi connectivity index (χ3n) is 3.75. The van der Waals surface area contributed by atoms with Crippen molar-refractivity contribution in [3.05, 3.63) is 24.3 Å². The molecule has 1 saturated carbocycles. The average molecular weight is 304 g/mol. The summed E-state index contributed by atoms with van der Waals surface area (Å²) in [5.74, 6) is -2.90. The van der Waals surface area contributed by atoms with E-state index in [0.29, 0.717) is 18.2 Å². The zero-order chi connectivity index (χ0) is 15.0. The van der Waals surface area contributed by atoms with E-state index in [9.17, 15) is 17.2 Å². The van der Waals surface area contributed by atoms with Crippen LogP contribution >= 0.6 is 0 Å². The van der Waals surface area contributed by atoms with Crippen molar-refractivity contribution in [1.29, 1.82) is 0 Å². The second kappa shape index (κ2) is 5.29. The van der Waals surface area contributed by atoms with Crippen molar-refractivity contribution in [1.82, 2.24) is 0 Å². The normalized spacial score (nSPS) is 18.9. The molecule has 0 radical (unpaired) electrons. The first-order chi connectivity index (χ1) is 9.29. The molecule has 1 fully saturated rings. The fourth-order valence-corrected chi connectivity index (χ4v) is 2.92. The minimum atomic E-state index is -4.53. The number of hydrogen-bond donors (Lipinski definition) is 2. The topological polar surface area (TPSA) is 72.2 Å². The summed E-state index contributed by atoms with van der Waals surface area (Å²) in [6, 6.07) is 5.36. The van der Waals surface area contributed by atoms with Crippen LogP contribution in [-0.2, 0) is 9.84 Å². The molecule has 0 heterocycles. The van der Waals surface area contributed by atoms with Crippen LogP contribution in [0.15, 0.2) is 29.2 Å². The molecule has 0 spiro atoms. The smallest absolute Gasteiger partial charge is 0.341 e. The van der Waals surface area contributed by atoms with E-state index in [2.05, 4.69) is 5.32 Å². The Morgan fingerprint density at radius 2 is 1.90 bits per heavy atom. The van der Waals surface area contributed by atoms with Crippen molar-refractivity contribution in [2.75, 3.05) is 11.9 Å². The van der Waals surface area contributed by atoms with Gasteiger partial charge in [0.05, 0.1) is 4.90 Å². The highest BCUT2D eigenvalue weighted by atomic mass is 32.2. The lowest BCUT2D eigenvalue weighted by Crippen LogP contribution is -2.44. The molecule has 2 rings (SSSR count). The number of halogens is 2. The van der Waals surface area contributed by atoms with Crippen LogP contribution in [-0.4, -0.2) is 26.3 Å². The van der Waals surface area contributed by atoms with Crippen LogP contribution in [0.5, 0.6) is 0 Å². The van der Waals surface area contributed by atoms with Gasteiger partial charge in [-0.15, -0.1) is 0 Å². The van der Waals surface area contributed by atoms with Gasteiger partial charge in [0.1, 0.15) is 0 Å². The van der Waals surface area contributed by atoms with Gasteiger partial charge in [0.15, 0.2) is 0 Å². The number of alkyl halides is 2. The number of hydrogen-bond acceptors (Lipinski definition) is 4. The SMILES string of the molecule is CC(CN)(Nc1ccc(S(=O)(=O)C(F)F)cc1)C1CC1. The third kappa shape index (κ3) is 2.93. The Morgan fingerprint density at radius 1 is 1.35 bits per heavy atom. The van der Waals surface area contributed by atoms with Crippen LogP contribution in [0, 0.1) is 5.92 Å². The summed E-state index contributed by atoms with van der Waals surface area (Å²) >= 11 is 0. The van der Waals surface area contributed by atoms with E-state index in [4.69, 9.17) is 5.73 Å². The van der Waals surface area contributed by atoms with E-state index in [1.807, 2.05) is 6.92 Å². The third-order valence-corrected chi connectivity index (χ3v) is 5.15. The molecule has 1 aliphatic carbocycles. The number of nitrogens with two attached hydrogens (primary N) is 1. The highest BCUT2D eigenvalue weighted by Gasteiger charge is 2.40. The number of nitrogens with one attached hydrogen (secondary N) is 1. The first-order valence-corrected chi connectivity index (χ1v) is 7.94. The Bertz CT molecular complexity index is 571. The van der Waals surface area contributed by atoms with Crippen LogP contribution in [0.25, 0.3) is 0 Å². The van der Waals surface area contributed by atoms with Gasteiger partial charge >= 0.3 is 5.76 Å². The number of benzene rings is 1. The van der Waals surface area contributed by atoms with E-state index >= 15 is 0 Å². The maximum Gasteiger partial charge on any atom is 0.341 e. The highest BCUT2D eigenvalue weighted by molar-refractivity contribution is 7.91. The first kappa shape index (κ1) is 15.2. The Hall–Kier alpha value is -1.21. The van der Waals surface area contributed by atoms with Gasteiger partial charge in [-0.3, -0.25) is 0 Å². The largest absolute Gasteiger partial charge is 0.378 e. The number of anilines is 1. The molecule has 0 bridgehead atoms. The standard InChI is InChI=1S/C13H18F2N2O2S/c1-13(8-16,9-2-3-9)17-10-4-6-11(7-5-10)20(18,19)12(14)15/h4-7,9,12,17H,2-3,8,16H2,1H3. The lowest BCUT2D eigenvalue weighted by atomic mass is 9.95. The van der Waals surface area contributed by atoms with E-state index in [-0.39, 0.29) is 10.4 Å². The highest BCUT2D eigenvalue weighted by Crippen LogP contribution is 2.40. The van der Waals surface area contributed by atoms with Crippen molar-refractivity contribution in [3.8, 4) is 0 Å². The predicted molar refractivity (Wildman–Crippen MR) is 73.4 cm³/mol. The van der Waals surface area contributed by atoms with E-state index in [0.717, 1.165) is 12.8 Å². The van der Waals surface area contributed by atoms with Crippen molar-refractivity contribution in [2.24, 2.45) is 11.7 Å². The molecule has 112 valence electrons. The maximum absolute atomic E-state index is 12.4. The fourth-order valence-electron chi connectivity index (χ4n) is 2.20. The molecule has 4 nitrogen and oxygen atoms in total. The van der Waals surface area contributed by atoms with Crippen molar-refractivity contribution < 1.29 is 17.2 Å². The quantitative estimate of drug-likeness (QED) is 0.845. The van der Waals surface area contributed by atoms with Crippen LogP contribution in [0.3, 0.4) is 0 Å². The average Bonchev–Trinajstić information content (AvgIpc) is 3.23. The lowest BCUT2D eigenvalue weighted by Gasteiger charge is -2.30. The molecule has 0 saturated heterocycles. The second-order valence-electron chi connectivity index (χ2n) is 5.35. The summed E-state index contributed by atoms with van der Waals surface area (Å²) in [6.45, 7) is 2.46. The van der Waals surface area contributed by atoms with E-state index in [1.54, 1.807) is 0 Å². The van der Waals surface area contributed by atoms with Gasteiger partial charge in [-0.25, -0.2) is 8.42 Å². The second-order valence-corrected chi connectivity index (χ2v) is 7.27. The molecule has 7 heteroatoms. The lowest BCUT2D eigenvalue weighted by molar-refractivity contribution is 0.234. The van der Waals surface area contributed by atoms with Crippen LogP contribution in [0.1, 0.15) is 19.8 Å². The van der Waals surface area contributed by atoms with Gasteiger partial charge in [-0.05, 0) is 49.9 Å². The predicted octanol–water partition coefficient (Wildman–Crippen LogP) is 2.22. The summed E-state index contributed by atoms with van der Waals surface area (Å²) in [5, 5.41) is 3.27. The molecule has 1 aromatic rings. The Labute approximate surface area is 117 Å². The van der Waals surface area contributed by atoms with E-state index in [1.165, 1.54) is 24.3 Å². The summed E-state index contributed by atoms with van der Waals surface area (Å²) in [6.07, 6.45) is 2.22. The zero-order valence-electron chi connectivity index (χ0n) is 11.1. The molecule has 1 unspecified atom stereocenters. The Morgan fingerprint density at radius 3 is 2.30 bits per heavy atom. The molecule has 0 aliphatic heterocycles. The van der Waals surface area contributed by atoms with Gasteiger partial charge in [-0.1, -0.05) is 0 Å². The Kier molecular flexibility index (Phi) is 4.02. The van der Waals surface area contributed by atoms with Gasteiger partial charge in [0.2, 0.25) is 9.84 Å². The molecule has 3 N–H and O–H groups in total. The molecular formula is C13H18F2N2O2S. The molecule has 20 heavy (non-hydrogen) atoms. The minimum Gasteiger partial charge on any atom is -0.378 e. The Balaban J connectivity index is 2.17. The van der Waals surface area contributed by atoms with Crippen molar-refractivity contribution in [2.45, 2.75) is 36.0 Å². The maximum atomic E-state index is 12.4. The summed E-state index contributed by atoms with van der Waals surface area (Å²) in [5.41, 5.74) is 6.21. The van der Waals surface area contributed by atoms with Gasteiger partial charge in [0.25, 0.3) is 0 Å². The van der Waals surface area contributed by atoms with Crippen LogP contribution in [0.4, 0.5) is 14.5 Å². The molecule has 1 aliphatic rings.